The van der Waals surface area contributed by atoms with Gasteiger partial charge in [-0.1, -0.05) is 59.9 Å². The zero-order valence-electron chi connectivity index (χ0n) is 13.8. The number of carbonyl (C=O) groups excluding carboxylic acids is 1. The molecule has 0 unspecified atom stereocenters. The number of aromatic hydroxyl groups is 1. The summed E-state index contributed by atoms with van der Waals surface area (Å²) < 4.78 is 1.92. The summed E-state index contributed by atoms with van der Waals surface area (Å²) in [6.45, 7) is 0.236. The standard InChI is InChI=1S/C20H16N2O3S/c23-17(13-6-2-1-3-7-13)12-22-11-14(15-8-4-5-9-16(15)22)10-18-19(24)21-20(25)26-18/h1-9,11,24H,10,12H2,(H,21,25). The highest BCUT2D eigenvalue weighted by Crippen LogP contribution is 2.27. The molecule has 0 amide bonds. The fraction of sp³-hybridized carbons (Fsp3) is 0.100. The summed E-state index contributed by atoms with van der Waals surface area (Å²) in [5.41, 5.74) is 2.59. The number of aromatic amines is 1. The minimum absolute atomic E-state index is 0.0343. The molecule has 0 fully saturated rings. The zero-order valence-corrected chi connectivity index (χ0v) is 14.6. The molecule has 2 heterocycles. The van der Waals surface area contributed by atoms with Crippen LogP contribution in [0.1, 0.15) is 20.8 Å². The van der Waals surface area contributed by atoms with Gasteiger partial charge in [0.05, 0.1) is 11.4 Å². The maximum atomic E-state index is 12.6. The molecule has 0 aliphatic rings. The fourth-order valence-corrected chi connectivity index (χ4v) is 3.86. The Morgan fingerprint density at radius 3 is 2.54 bits per heavy atom. The molecule has 0 aliphatic heterocycles. The summed E-state index contributed by atoms with van der Waals surface area (Å²) >= 11 is 1.00. The normalized spacial score (nSPS) is 11.1. The van der Waals surface area contributed by atoms with Gasteiger partial charge in [-0.25, -0.2) is 0 Å². The number of nitrogens with zero attached hydrogens (tertiary/aromatic N) is 1. The molecule has 4 aromatic rings. The SMILES string of the molecule is O=C(Cn1cc(Cc2sc(=O)[nH]c2O)c2ccccc21)c1ccccc1. The summed E-state index contributed by atoms with van der Waals surface area (Å²) in [4.78, 5) is 26.7. The Labute approximate surface area is 153 Å². The first-order valence-electron chi connectivity index (χ1n) is 8.18. The molecule has 2 aromatic carbocycles. The number of rotatable bonds is 5. The molecule has 2 N–H and O–H groups in total. The van der Waals surface area contributed by atoms with Gasteiger partial charge in [0, 0.05) is 29.1 Å². The van der Waals surface area contributed by atoms with E-state index < -0.39 is 0 Å². The van der Waals surface area contributed by atoms with E-state index in [1.807, 2.05) is 65.4 Å². The van der Waals surface area contributed by atoms with Crippen LogP contribution in [0.15, 0.2) is 65.6 Å². The molecule has 6 heteroatoms. The van der Waals surface area contributed by atoms with Crippen molar-refractivity contribution in [2.75, 3.05) is 0 Å². The van der Waals surface area contributed by atoms with E-state index in [9.17, 15) is 14.7 Å². The molecule has 0 saturated carbocycles. The number of benzene rings is 2. The second-order valence-corrected chi connectivity index (χ2v) is 7.12. The number of nitrogens with one attached hydrogen (secondary N) is 1. The Morgan fingerprint density at radius 2 is 1.81 bits per heavy atom. The van der Waals surface area contributed by atoms with E-state index in [1.54, 1.807) is 0 Å². The van der Waals surface area contributed by atoms with Crippen LogP contribution in [-0.2, 0) is 13.0 Å². The predicted octanol–water partition coefficient (Wildman–Crippen LogP) is 3.57. The molecular formula is C20H16N2O3S. The van der Waals surface area contributed by atoms with Gasteiger partial charge in [-0.15, -0.1) is 0 Å². The number of Topliss-reactive ketones (excluding diaryl/α,β-unsaturated/α-hetero) is 1. The Bertz CT molecular complexity index is 1140. The molecule has 0 atom stereocenters. The first-order valence-corrected chi connectivity index (χ1v) is 8.99. The lowest BCUT2D eigenvalue weighted by Gasteiger charge is -2.04. The minimum Gasteiger partial charge on any atom is -0.494 e. The highest BCUT2D eigenvalue weighted by Gasteiger charge is 2.15. The molecule has 4 rings (SSSR count). The summed E-state index contributed by atoms with van der Waals surface area (Å²) in [5, 5.41) is 10.9. The Balaban J connectivity index is 1.71. The number of ketones is 1. The van der Waals surface area contributed by atoms with Crippen molar-refractivity contribution in [1.82, 2.24) is 9.55 Å². The molecule has 5 nitrogen and oxygen atoms in total. The van der Waals surface area contributed by atoms with Gasteiger partial charge in [-0.05, 0) is 11.6 Å². The molecule has 0 spiro atoms. The van der Waals surface area contributed by atoms with E-state index in [2.05, 4.69) is 4.98 Å². The maximum Gasteiger partial charge on any atom is 0.307 e. The first kappa shape index (κ1) is 16.4. The van der Waals surface area contributed by atoms with Crippen molar-refractivity contribution in [2.45, 2.75) is 13.0 Å². The lowest BCUT2D eigenvalue weighted by atomic mass is 10.1. The third-order valence-corrected chi connectivity index (χ3v) is 5.20. The fourth-order valence-electron chi connectivity index (χ4n) is 3.11. The quantitative estimate of drug-likeness (QED) is 0.532. The van der Waals surface area contributed by atoms with Crippen LogP contribution in [0.25, 0.3) is 10.9 Å². The number of aromatic nitrogens is 2. The van der Waals surface area contributed by atoms with Crippen LogP contribution in [0.4, 0.5) is 0 Å². The van der Waals surface area contributed by atoms with Crippen molar-refractivity contribution in [2.24, 2.45) is 0 Å². The van der Waals surface area contributed by atoms with Crippen LogP contribution in [0, 0.1) is 0 Å². The second-order valence-electron chi connectivity index (χ2n) is 6.05. The Morgan fingerprint density at radius 1 is 1.08 bits per heavy atom. The van der Waals surface area contributed by atoms with E-state index in [1.165, 1.54) is 0 Å². The number of fused-ring (bicyclic) bond motifs is 1. The molecule has 0 aliphatic carbocycles. The van der Waals surface area contributed by atoms with Gasteiger partial charge in [-0.3, -0.25) is 14.6 Å². The van der Waals surface area contributed by atoms with E-state index in [0.717, 1.165) is 27.8 Å². The minimum atomic E-state index is -0.277. The van der Waals surface area contributed by atoms with Crippen molar-refractivity contribution >= 4 is 28.0 Å². The van der Waals surface area contributed by atoms with Crippen LogP contribution in [0.2, 0.25) is 0 Å². The monoisotopic (exact) mass is 364 g/mol. The third kappa shape index (κ3) is 3.07. The highest BCUT2D eigenvalue weighted by atomic mass is 32.1. The molecule has 0 radical (unpaired) electrons. The zero-order chi connectivity index (χ0) is 18.1. The maximum absolute atomic E-state index is 12.6. The van der Waals surface area contributed by atoms with Crippen molar-refractivity contribution in [3.8, 4) is 5.88 Å². The van der Waals surface area contributed by atoms with E-state index >= 15 is 0 Å². The van der Waals surface area contributed by atoms with Gasteiger partial charge in [-0.2, -0.15) is 0 Å². The Hall–Kier alpha value is -3.12. The van der Waals surface area contributed by atoms with Crippen LogP contribution in [-0.4, -0.2) is 20.4 Å². The van der Waals surface area contributed by atoms with Crippen LogP contribution in [0.3, 0.4) is 0 Å². The largest absolute Gasteiger partial charge is 0.494 e. The van der Waals surface area contributed by atoms with Crippen LogP contribution in [0.5, 0.6) is 5.88 Å². The smallest absolute Gasteiger partial charge is 0.307 e. The lowest BCUT2D eigenvalue weighted by Crippen LogP contribution is -2.09. The third-order valence-electron chi connectivity index (χ3n) is 4.33. The second kappa shape index (κ2) is 6.65. The lowest BCUT2D eigenvalue weighted by molar-refractivity contribution is 0.0973. The highest BCUT2D eigenvalue weighted by molar-refractivity contribution is 7.09. The van der Waals surface area contributed by atoms with Gasteiger partial charge in [0.25, 0.3) is 0 Å². The summed E-state index contributed by atoms with van der Waals surface area (Å²) in [7, 11) is 0. The Kier molecular flexibility index (Phi) is 4.18. The summed E-state index contributed by atoms with van der Waals surface area (Å²) in [6.07, 6.45) is 2.36. The van der Waals surface area contributed by atoms with Crippen molar-refractivity contribution in [1.29, 1.82) is 0 Å². The van der Waals surface area contributed by atoms with Crippen molar-refractivity contribution in [3.05, 3.63) is 86.5 Å². The predicted molar refractivity (Wildman–Crippen MR) is 102 cm³/mol. The molecule has 0 bridgehead atoms. The van der Waals surface area contributed by atoms with Crippen molar-refractivity contribution in [3.63, 3.8) is 0 Å². The number of hydrogen-bond acceptors (Lipinski definition) is 4. The number of H-pyrrole nitrogens is 1. The summed E-state index contributed by atoms with van der Waals surface area (Å²) in [5.74, 6) is -0.0516. The average molecular weight is 364 g/mol. The van der Waals surface area contributed by atoms with Gasteiger partial charge in [0.2, 0.25) is 5.88 Å². The number of para-hydroxylation sites is 1. The van der Waals surface area contributed by atoms with E-state index in [4.69, 9.17) is 0 Å². The average Bonchev–Trinajstić information content (AvgIpc) is 3.16. The van der Waals surface area contributed by atoms with Crippen molar-refractivity contribution < 1.29 is 9.90 Å². The molecule has 26 heavy (non-hydrogen) atoms. The number of carbonyl (C=O) groups is 1. The number of hydrogen-bond donors (Lipinski definition) is 2. The molecular weight excluding hydrogens is 348 g/mol. The topological polar surface area (TPSA) is 75.1 Å². The van der Waals surface area contributed by atoms with E-state index in [0.29, 0.717) is 16.9 Å². The molecule has 130 valence electrons. The van der Waals surface area contributed by atoms with Gasteiger partial charge < -0.3 is 9.67 Å². The van der Waals surface area contributed by atoms with Gasteiger partial charge >= 0.3 is 4.87 Å². The summed E-state index contributed by atoms with van der Waals surface area (Å²) in [6, 6.07) is 17.0. The first-order chi connectivity index (χ1) is 12.6. The van der Waals surface area contributed by atoms with Gasteiger partial charge in [0.15, 0.2) is 5.78 Å². The van der Waals surface area contributed by atoms with Gasteiger partial charge in [0.1, 0.15) is 0 Å². The number of thiazole rings is 1. The molecule has 2 aromatic heterocycles. The van der Waals surface area contributed by atoms with Crippen LogP contribution >= 0.6 is 11.3 Å². The van der Waals surface area contributed by atoms with E-state index in [-0.39, 0.29) is 23.1 Å². The van der Waals surface area contributed by atoms with Crippen LogP contribution < -0.4 is 4.87 Å². The molecule has 0 saturated heterocycles.